The van der Waals surface area contributed by atoms with Gasteiger partial charge in [-0.1, -0.05) is 6.42 Å². The number of carbonyl (C=O) groups excluding carboxylic acids is 1. The first-order valence-corrected chi connectivity index (χ1v) is 5.97. The zero-order valence-corrected chi connectivity index (χ0v) is 9.95. The van der Waals surface area contributed by atoms with Gasteiger partial charge in [-0.2, -0.15) is 0 Å². The summed E-state index contributed by atoms with van der Waals surface area (Å²) in [5.41, 5.74) is 3.37. The fourth-order valence-corrected chi connectivity index (χ4v) is 2.38. The van der Waals surface area contributed by atoms with Crippen LogP contribution < -0.4 is 5.32 Å². The van der Waals surface area contributed by atoms with Crippen LogP contribution in [0.4, 0.5) is 11.4 Å². The van der Waals surface area contributed by atoms with Crippen molar-refractivity contribution in [1.82, 2.24) is 0 Å². The normalized spacial score (nSPS) is 14.6. The van der Waals surface area contributed by atoms with E-state index in [2.05, 4.69) is 10.5 Å². The number of carbonyl (C=O) groups is 1. The standard InChI is InChI=1S/C13H16N2O2/c1-9(16)14-11-7-10-5-3-2-4-6-12(10)13(8-11)15-17/h7-8H,2-6H2,1H3,(H,14,16). The molecule has 4 heteroatoms. The number of anilines is 1. The molecule has 0 fully saturated rings. The topological polar surface area (TPSA) is 58.5 Å². The molecule has 1 aromatic rings. The van der Waals surface area contributed by atoms with Gasteiger partial charge < -0.3 is 5.32 Å². The molecule has 0 aliphatic heterocycles. The first kappa shape index (κ1) is 11.8. The molecule has 0 atom stereocenters. The summed E-state index contributed by atoms with van der Waals surface area (Å²) in [6.45, 7) is 1.46. The Hall–Kier alpha value is -1.71. The second kappa shape index (κ2) is 5.08. The molecule has 0 saturated carbocycles. The molecule has 0 saturated heterocycles. The van der Waals surface area contributed by atoms with Gasteiger partial charge >= 0.3 is 0 Å². The van der Waals surface area contributed by atoms with Crippen LogP contribution in [0.5, 0.6) is 0 Å². The van der Waals surface area contributed by atoms with E-state index in [1.165, 1.54) is 13.3 Å². The molecule has 17 heavy (non-hydrogen) atoms. The largest absolute Gasteiger partial charge is 0.326 e. The molecule has 1 aromatic carbocycles. The third-order valence-electron chi connectivity index (χ3n) is 3.11. The highest BCUT2D eigenvalue weighted by atomic mass is 16.3. The van der Waals surface area contributed by atoms with Gasteiger partial charge in [0.05, 0.1) is 0 Å². The molecule has 90 valence electrons. The fourth-order valence-electron chi connectivity index (χ4n) is 2.38. The van der Waals surface area contributed by atoms with Crippen molar-refractivity contribution in [3.8, 4) is 0 Å². The Balaban J connectivity index is 2.43. The van der Waals surface area contributed by atoms with Crippen molar-refractivity contribution in [2.45, 2.75) is 39.0 Å². The molecular weight excluding hydrogens is 216 g/mol. The highest BCUT2D eigenvalue weighted by molar-refractivity contribution is 5.89. The van der Waals surface area contributed by atoms with Crippen LogP contribution in [0, 0.1) is 4.91 Å². The minimum atomic E-state index is -0.129. The molecule has 0 bridgehead atoms. The van der Waals surface area contributed by atoms with Crippen LogP contribution >= 0.6 is 0 Å². The van der Waals surface area contributed by atoms with Crippen molar-refractivity contribution in [2.75, 3.05) is 5.32 Å². The maximum Gasteiger partial charge on any atom is 0.221 e. The molecule has 1 aliphatic carbocycles. The number of nitrogens with zero attached hydrogens (tertiary/aromatic N) is 1. The lowest BCUT2D eigenvalue weighted by atomic mass is 10.00. The molecule has 0 unspecified atom stereocenters. The Morgan fingerprint density at radius 3 is 2.71 bits per heavy atom. The zero-order chi connectivity index (χ0) is 12.3. The van der Waals surface area contributed by atoms with Crippen LogP contribution in [0.25, 0.3) is 0 Å². The van der Waals surface area contributed by atoms with E-state index in [1.54, 1.807) is 6.07 Å². The molecule has 4 nitrogen and oxygen atoms in total. The summed E-state index contributed by atoms with van der Waals surface area (Å²) in [5.74, 6) is -0.129. The molecule has 0 spiro atoms. The zero-order valence-electron chi connectivity index (χ0n) is 9.95. The Kier molecular flexibility index (Phi) is 3.52. The molecule has 0 heterocycles. The van der Waals surface area contributed by atoms with Gasteiger partial charge in [-0.15, -0.1) is 4.91 Å². The number of aryl methyl sites for hydroxylation is 1. The Bertz CT molecular complexity index is 455. The van der Waals surface area contributed by atoms with Crippen molar-refractivity contribution < 1.29 is 4.79 Å². The summed E-state index contributed by atoms with van der Waals surface area (Å²) < 4.78 is 0. The van der Waals surface area contributed by atoms with Crippen molar-refractivity contribution in [2.24, 2.45) is 5.18 Å². The van der Waals surface area contributed by atoms with E-state index >= 15 is 0 Å². The van der Waals surface area contributed by atoms with E-state index in [4.69, 9.17) is 0 Å². The molecule has 1 aliphatic rings. The Labute approximate surface area is 100 Å². The lowest BCUT2D eigenvalue weighted by molar-refractivity contribution is -0.114. The predicted molar refractivity (Wildman–Crippen MR) is 67.5 cm³/mol. The monoisotopic (exact) mass is 232 g/mol. The van der Waals surface area contributed by atoms with E-state index in [9.17, 15) is 9.70 Å². The number of amides is 1. The number of fused-ring (bicyclic) bond motifs is 1. The molecular formula is C13H16N2O2. The average molecular weight is 232 g/mol. The van der Waals surface area contributed by atoms with Crippen LogP contribution in [-0.4, -0.2) is 5.91 Å². The van der Waals surface area contributed by atoms with E-state index in [1.807, 2.05) is 6.07 Å². The van der Waals surface area contributed by atoms with E-state index in [0.29, 0.717) is 11.4 Å². The molecule has 0 radical (unpaired) electrons. The second-order valence-corrected chi connectivity index (χ2v) is 4.47. The maximum absolute atomic E-state index is 11.0. The van der Waals surface area contributed by atoms with Crippen molar-refractivity contribution in [3.63, 3.8) is 0 Å². The molecule has 1 N–H and O–H groups in total. The van der Waals surface area contributed by atoms with Crippen LogP contribution in [0.2, 0.25) is 0 Å². The minimum absolute atomic E-state index is 0.129. The fraction of sp³-hybridized carbons (Fsp3) is 0.462. The van der Waals surface area contributed by atoms with E-state index < -0.39 is 0 Å². The first-order valence-electron chi connectivity index (χ1n) is 5.97. The van der Waals surface area contributed by atoms with Gasteiger partial charge in [0, 0.05) is 12.6 Å². The quantitative estimate of drug-likeness (QED) is 0.628. The third-order valence-corrected chi connectivity index (χ3v) is 3.11. The minimum Gasteiger partial charge on any atom is -0.326 e. The summed E-state index contributed by atoms with van der Waals surface area (Å²) in [6.07, 6.45) is 5.30. The van der Waals surface area contributed by atoms with Gasteiger partial charge in [0.15, 0.2) is 0 Å². The maximum atomic E-state index is 11.0. The summed E-state index contributed by atoms with van der Waals surface area (Å²) in [6, 6.07) is 3.63. The van der Waals surface area contributed by atoms with Crippen LogP contribution in [-0.2, 0) is 17.6 Å². The Morgan fingerprint density at radius 2 is 2.00 bits per heavy atom. The van der Waals surface area contributed by atoms with Gasteiger partial charge in [0.1, 0.15) is 5.69 Å². The van der Waals surface area contributed by atoms with Crippen molar-refractivity contribution in [1.29, 1.82) is 0 Å². The number of rotatable bonds is 2. The van der Waals surface area contributed by atoms with E-state index in [0.717, 1.165) is 36.8 Å². The lowest BCUT2D eigenvalue weighted by Gasteiger charge is -2.11. The number of nitroso groups, excluding NO2 is 1. The van der Waals surface area contributed by atoms with Gasteiger partial charge in [-0.25, -0.2) is 0 Å². The average Bonchev–Trinajstić information content (AvgIpc) is 2.52. The number of benzene rings is 1. The van der Waals surface area contributed by atoms with Gasteiger partial charge in [-0.3, -0.25) is 4.79 Å². The molecule has 2 rings (SSSR count). The summed E-state index contributed by atoms with van der Waals surface area (Å²) in [5, 5.41) is 5.80. The first-order chi connectivity index (χ1) is 8.20. The highest BCUT2D eigenvalue weighted by Gasteiger charge is 2.14. The summed E-state index contributed by atoms with van der Waals surface area (Å²) in [4.78, 5) is 21.9. The highest BCUT2D eigenvalue weighted by Crippen LogP contribution is 2.32. The van der Waals surface area contributed by atoms with Gasteiger partial charge in [0.25, 0.3) is 0 Å². The van der Waals surface area contributed by atoms with Crippen molar-refractivity contribution >= 4 is 17.3 Å². The molecule has 0 aromatic heterocycles. The van der Waals surface area contributed by atoms with Gasteiger partial charge in [0.2, 0.25) is 5.91 Å². The smallest absolute Gasteiger partial charge is 0.221 e. The molecule has 1 amide bonds. The van der Waals surface area contributed by atoms with Crippen molar-refractivity contribution in [3.05, 3.63) is 28.2 Å². The Morgan fingerprint density at radius 1 is 1.24 bits per heavy atom. The van der Waals surface area contributed by atoms with Crippen LogP contribution in [0.15, 0.2) is 17.3 Å². The lowest BCUT2D eigenvalue weighted by Crippen LogP contribution is -2.06. The van der Waals surface area contributed by atoms with Crippen LogP contribution in [0.1, 0.15) is 37.3 Å². The third kappa shape index (κ3) is 2.70. The summed E-state index contributed by atoms with van der Waals surface area (Å²) in [7, 11) is 0. The number of hydrogen-bond donors (Lipinski definition) is 1. The SMILES string of the molecule is CC(=O)Nc1cc2c(c(N=O)c1)CCCCC2. The number of hydrogen-bond acceptors (Lipinski definition) is 3. The summed E-state index contributed by atoms with van der Waals surface area (Å²) >= 11 is 0. The number of nitrogens with one attached hydrogen (secondary N) is 1. The predicted octanol–water partition coefficient (Wildman–Crippen LogP) is 3.31. The van der Waals surface area contributed by atoms with Crippen LogP contribution in [0.3, 0.4) is 0 Å². The second-order valence-electron chi connectivity index (χ2n) is 4.47. The van der Waals surface area contributed by atoms with Gasteiger partial charge in [-0.05, 0) is 54.1 Å². The van der Waals surface area contributed by atoms with E-state index in [-0.39, 0.29) is 5.91 Å².